The number of rotatable bonds is 3. The number of nitrogens with zero attached hydrogens (tertiary/aromatic N) is 3. The van der Waals surface area contributed by atoms with Crippen LogP contribution in [0.4, 0.5) is 0 Å². The number of likely N-dealkylation sites (tertiary alicyclic amines) is 1. The Kier molecular flexibility index (Phi) is 4.35. The van der Waals surface area contributed by atoms with Crippen molar-refractivity contribution in [2.24, 2.45) is 0 Å². The number of aromatic amines is 2. The van der Waals surface area contributed by atoms with Crippen LogP contribution in [0.25, 0.3) is 11.4 Å². The third kappa shape index (κ3) is 3.15. The number of nitrogens with one attached hydrogen (secondary N) is 2. The van der Waals surface area contributed by atoms with E-state index in [0.29, 0.717) is 18.9 Å². The molecule has 0 spiro atoms. The number of hydrogen-bond acceptors (Lipinski definition) is 4. The summed E-state index contributed by atoms with van der Waals surface area (Å²) >= 11 is 0. The third-order valence-corrected chi connectivity index (χ3v) is 4.75. The molecule has 0 atom stereocenters. The molecule has 1 saturated heterocycles. The number of pyridine rings is 1. The fraction of sp³-hybridized carbons (Fsp3) is 0.263. The first kappa shape index (κ1) is 16.3. The second-order valence-corrected chi connectivity index (χ2v) is 6.39. The lowest BCUT2D eigenvalue weighted by molar-refractivity contribution is 0.0709. The van der Waals surface area contributed by atoms with Crippen LogP contribution < -0.4 is 5.56 Å². The fourth-order valence-electron chi connectivity index (χ4n) is 3.29. The zero-order chi connectivity index (χ0) is 17.9. The zero-order valence-corrected chi connectivity index (χ0v) is 14.2. The molecule has 4 rings (SSSR count). The highest BCUT2D eigenvalue weighted by Crippen LogP contribution is 2.27. The quantitative estimate of drug-likeness (QED) is 0.758. The van der Waals surface area contributed by atoms with E-state index < -0.39 is 0 Å². The maximum absolute atomic E-state index is 12.5. The van der Waals surface area contributed by atoms with E-state index in [-0.39, 0.29) is 22.9 Å². The van der Waals surface area contributed by atoms with E-state index in [0.717, 1.165) is 24.2 Å². The summed E-state index contributed by atoms with van der Waals surface area (Å²) in [5.41, 5.74) is 0.824. The molecular formula is C19H19N5O2. The summed E-state index contributed by atoms with van der Waals surface area (Å²) in [6.07, 6.45) is 3.11. The number of amides is 1. The van der Waals surface area contributed by atoms with Crippen LogP contribution in [0.3, 0.4) is 0 Å². The number of carbonyl (C=O) groups is 1. The molecule has 26 heavy (non-hydrogen) atoms. The molecule has 1 fully saturated rings. The van der Waals surface area contributed by atoms with Crippen molar-refractivity contribution in [2.75, 3.05) is 13.1 Å². The molecule has 0 aliphatic carbocycles. The van der Waals surface area contributed by atoms with Gasteiger partial charge in [0.25, 0.3) is 11.5 Å². The zero-order valence-electron chi connectivity index (χ0n) is 14.2. The molecule has 1 aromatic carbocycles. The Morgan fingerprint density at radius 2 is 1.85 bits per heavy atom. The Morgan fingerprint density at radius 3 is 2.58 bits per heavy atom. The topological polar surface area (TPSA) is 94.7 Å². The van der Waals surface area contributed by atoms with Crippen molar-refractivity contribution in [3.8, 4) is 11.4 Å². The summed E-state index contributed by atoms with van der Waals surface area (Å²) in [6.45, 7) is 1.19. The van der Waals surface area contributed by atoms with Crippen LogP contribution in [0, 0.1) is 0 Å². The lowest BCUT2D eigenvalue weighted by Crippen LogP contribution is -2.40. The molecule has 0 bridgehead atoms. The molecule has 0 unspecified atom stereocenters. The minimum absolute atomic E-state index is 0.192. The van der Waals surface area contributed by atoms with Crippen molar-refractivity contribution in [2.45, 2.75) is 18.8 Å². The van der Waals surface area contributed by atoms with Gasteiger partial charge in [-0.2, -0.15) is 5.10 Å². The molecule has 0 radical (unpaired) electrons. The number of hydrogen-bond donors (Lipinski definition) is 2. The molecular weight excluding hydrogens is 330 g/mol. The van der Waals surface area contributed by atoms with Crippen molar-refractivity contribution in [3.63, 3.8) is 0 Å². The summed E-state index contributed by atoms with van der Waals surface area (Å²) in [7, 11) is 0. The summed E-state index contributed by atoms with van der Waals surface area (Å²) in [5, 5.41) is 7.35. The predicted molar refractivity (Wildman–Crippen MR) is 96.8 cm³/mol. The molecule has 0 saturated carbocycles. The van der Waals surface area contributed by atoms with Gasteiger partial charge in [-0.15, -0.1) is 0 Å². The van der Waals surface area contributed by atoms with Gasteiger partial charge in [-0.05, 0) is 25.0 Å². The minimum Gasteiger partial charge on any atom is -0.338 e. The molecule has 1 aliphatic rings. The van der Waals surface area contributed by atoms with E-state index in [1.807, 2.05) is 30.3 Å². The van der Waals surface area contributed by atoms with Gasteiger partial charge in [0, 0.05) is 30.8 Å². The van der Waals surface area contributed by atoms with E-state index in [4.69, 9.17) is 0 Å². The van der Waals surface area contributed by atoms with Gasteiger partial charge in [0.2, 0.25) is 0 Å². The highest BCUT2D eigenvalue weighted by molar-refractivity contribution is 5.93. The van der Waals surface area contributed by atoms with Gasteiger partial charge in [0.1, 0.15) is 11.4 Å². The van der Waals surface area contributed by atoms with Crippen molar-refractivity contribution in [1.82, 2.24) is 25.1 Å². The lowest BCUT2D eigenvalue weighted by Gasteiger charge is -2.30. The Labute approximate surface area is 150 Å². The molecule has 1 aliphatic heterocycles. The van der Waals surface area contributed by atoms with Crippen LogP contribution in [0.2, 0.25) is 0 Å². The Balaban J connectivity index is 1.43. The molecule has 7 heteroatoms. The summed E-state index contributed by atoms with van der Waals surface area (Å²) in [6, 6.07) is 13.1. The first-order valence-electron chi connectivity index (χ1n) is 8.67. The van der Waals surface area contributed by atoms with Crippen LogP contribution in [0.15, 0.2) is 53.5 Å². The van der Waals surface area contributed by atoms with E-state index in [9.17, 15) is 9.59 Å². The largest absolute Gasteiger partial charge is 0.338 e. The van der Waals surface area contributed by atoms with Crippen LogP contribution in [-0.2, 0) is 0 Å². The van der Waals surface area contributed by atoms with Crippen LogP contribution in [-0.4, -0.2) is 44.1 Å². The molecule has 2 aromatic heterocycles. The second kappa shape index (κ2) is 6.95. The van der Waals surface area contributed by atoms with Gasteiger partial charge < -0.3 is 9.88 Å². The van der Waals surface area contributed by atoms with E-state index in [1.165, 1.54) is 6.20 Å². The molecule has 7 nitrogen and oxygen atoms in total. The summed E-state index contributed by atoms with van der Waals surface area (Å²) < 4.78 is 0. The van der Waals surface area contributed by atoms with Gasteiger partial charge in [0.15, 0.2) is 5.82 Å². The molecule has 3 aromatic rings. The average Bonchev–Trinajstić information content (AvgIpc) is 3.19. The summed E-state index contributed by atoms with van der Waals surface area (Å²) in [5.74, 6) is 1.56. The molecule has 2 N–H and O–H groups in total. The van der Waals surface area contributed by atoms with E-state index in [2.05, 4.69) is 20.2 Å². The number of carbonyl (C=O) groups excluding carboxylic acids is 1. The van der Waals surface area contributed by atoms with Gasteiger partial charge in [-0.1, -0.05) is 30.3 Å². The summed E-state index contributed by atoms with van der Waals surface area (Å²) in [4.78, 5) is 33.2. The molecule has 132 valence electrons. The minimum atomic E-state index is -0.345. The van der Waals surface area contributed by atoms with Crippen LogP contribution in [0.1, 0.15) is 34.9 Å². The third-order valence-electron chi connectivity index (χ3n) is 4.75. The molecule has 1 amide bonds. The SMILES string of the molecule is O=C(c1ccc[nH]c1=O)N1CCC(c2nc(-c3ccccc3)n[nH]2)CC1. The smallest absolute Gasteiger partial charge is 0.260 e. The van der Waals surface area contributed by atoms with Crippen molar-refractivity contribution in [1.29, 1.82) is 0 Å². The average molecular weight is 349 g/mol. The van der Waals surface area contributed by atoms with Gasteiger partial charge in [-0.25, -0.2) is 4.98 Å². The monoisotopic (exact) mass is 349 g/mol. The standard InChI is InChI=1S/C19H19N5O2/c25-18-15(7-4-10-20-18)19(26)24-11-8-14(9-12-24)17-21-16(22-23-17)13-5-2-1-3-6-13/h1-7,10,14H,8-9,11-12H2,(H,20,25)(H,21,22,23). The maximum Gasteiger partial charge on any atom is 0.260 e. The number of aromatic nitrogens is 4. The van der Waals surface area contributed by atoms with Gasteiger partial charge in [-0.3, -0.25) is 14.7 Å². The van der Waals surface area contributed by atoms with Gasteiger partial charge in [0.05, 0.1) is 0 Å². The molecule has 3 heterocycles. The maximum atomic E-state index is 12.5. The fourth-order valence-corrected chi connectivity index (χ4v) is 3.29. The van der Waals surface area contributed by atoms with E-state index in [1.54, 1.807) is 17.0 Å². The number of H-pyrrole nitrogens is 2. The van der Waals surface area contributed by atoms with Crippen molar-refractivity contribution in [3.05, 3.63) is 70.4 Å². The lowest BCUT2D eigenvalue weighted by atomic mass is 9.95. The number of benzene rings is 1. The van der Waals surface area contributed by atoms with Crippen molar-refractivity contribution < 1.29 is 4.79 Å². The highest BCUT2D eigenvalue weighted by Gasteiger charge is 2.27. The predicted octanol–water partition coefficient (Wildman–Crippen LogP) is 2.18. The second-order valence-electron chi connectivity index (χ2n) is 6.39. The Morgan fingerprint density at radius 1 is 1.08 bits per heavy atom. The number of piperidine rings is 1. The normalized spacial score (nSPS) is 15.2. The van der Waals surface area contributed by atoms with E-state index >= 15 is 0 Å². The highest BCUT2D eigenvalue weighted by atomic mass is 16.2. The first-order chi connectivity index (χ1) is 12.7. The first-order valence-corrected chi connectivity index (χ1v) is 8.67. The van der Waals surface area contributed by atoms with Crippen molar-refractivity contribution >= 4 is 5.91 Å². The Bertz CT molecular complexity index is 955. The van der Waals surface area contributed by atoms with Gasteiger partial charge >= 0.3 is 0 Å². The Hall–Kier alpha value is -3.22. The van der Waals surface area contributed by atoms with Crippen LogP contribution >= 0.6 is 0 Å². The van der Waals surface area contributed by atoms with Crippen LogP contribution in [0.5, 0.6) is 0 Å².